The number of nitrogens with zero attached hydrogens (tertiary/aromatic N) is 2. The minimum absolute atomic E-state index is 0.649. The monoisotopic (exact) mass is 272 g/mol. The van der Waals surface area contributed by atoms with Crippen LogP contribution in [0.1, 0.15) is 42.5 Å². The molecule has 0 fully saturated rings. The van der Waals surface area contributed by atoms with Crippen molar-refractivity contribution in [1.29, 1.82) is 0 Å². The third kappa shape index (κ3) is 2.59. The van der Waals surface area contributed by atoms with Gasteiger partial charge < -0.3 is 4.74 Å². The van der Waals surface area contributed by atoms with E-state index in [2.05, 4.69) is 5.10 Å². The van der Waals surface area contributed by atoms with Crippen LogP contribution < -0.4 is 4.74 Å². The maximum absolute atomic E-state index is 11.3. The van der Waals surface area contributed by atoms with Gasteiger partial charge in [-0.05, 0) is 44.0 Å². The van der Waals surface area contributed by atoms with E-state index in [0.29, 0.717) is 6.61 Å². The molecule has 4 nitrogen and oxygen atoms in total. The van der Waals surface area contributed by atoms with Crippen molar-refractivity contribution in [3.63, 3.8) is 0 Å². The Bertz CT molecular complexity index is 585. The molecule has 0 amide bonds. The van der Waals surface area contributed by atoms with Gasteiger partial charge in [0.15, 0.2) is 6.29 Å². The second kappa shape index (κ2) is 6.37. The van der Waals surface area contributed by atoms with Crippen LogP contribution in [0.3, 0.4) is 0 Å². The molecule has 0 unspecified atom stereocenters. The molecular formula is C16H20N2O2. The van der Waals surface area contributed by atoms with E-state index in [1.165, 1.54) is 0 Å². The van der Waals surface area contributed by atoms with E-state index < -0.39 is 0 Å². The zero-order valence-electron chi connectivity index (χ0n) is 12.2. The molecule has 0 saturated heterocycles. The lowest BCUT2D eigenvalue weighted by Gasteiger charge is -2.08. The van der Waals surface area contributed by atoms with Crippen LogP contribution in [0, 0.1) is 0 Å². The Balaban J connectivity index is 2.46. The van der Waals surface area contributed by atoms with Gasteiger partial charge in [0.05, 0.1) is 29.2 Å². The van der Waals surface area contributed by atoms with Crippen molar-refractivity contribution in [3.05, 3.63) is 41.2 Å². The van der Waals surface area contributed by atoms with E-state index in [-0.39, 0.29) is 0 Å². The second-order valence-electron chi connectivity index (χ2n) is 4.47. The largest absolute Gasteiger partial charge is 0.494 e. The first kappa shape index (κ1) is 14.3. The van der Waals surface area contributed by atoms with Gasteiger partial charge in [-0.1, -0.05) is 13.8 Å². The van der Waals surface area contributed by atoms with Gasteiger partial charge in [-0.3, -0.25) is 4.79 Å². The molecule has 4 heteroatoms. The number of hydrogen-bond acceptors (Lipinski definition) is 3. The van der Waals surface area contributed by atoms with Crippen molar-refractivity contribution >= 4 is 6.29 Å². The van der Waals surface area contributed by atoms with Gasteiger partial charge >= 0.3 is 0 Å². The van der Waals surface area contributed by atoms with E-state index in [1.807, 2.05) is 49.7 Å². The van der Waals surface area contributed by atoms with Crippen LogP contribution in [0.5, 0.6) is 5.75 Å². The van der Waals surface area contributed by atoms with E-state index in [9.17, 15) is 4.79 Å². The molecule has 0 atom stereocenters. The van der Waals surface area contributed by atoms with Crippen LogP contribution in [-0.2, 0) is 12.8 Å². The highest BCUT2D eigenvalue weighted by Gasteiger charge is 2.15. The third-order valence-corrected chi connectivity index (χ3v) is 3.28. The molecule has 0 aliphatic heterocycles. The Morgan fingerprint density at radius 1 is 1.15 bits per heavy atom. The van der Waals surface area contributed by atoms with E-state index in [1.54, 1.807) is 0 Å². The summed E-state index contributed by atoms with van der Waals surface area (Å²) in [7, 11) is 0. The molecule has 0 aliphatic rings. The molecule has 0 bridgehead atoms. The SMILES string of the molecule is CCOc1ccc(-n2nc(CC)c(C=O)c2CC)cc1. The van der Waals surface area contributed by atoms with Crippen LogP contribution >= 0.6 is 0 Å². The fourth-order valence-corrected chi connectivity index (χ4v) is 2.32. The standard InChI is InChI=1S/C16H20N2O2/c1-4-15-14(11-19)16(5-2)18(17-15)12-7-9-13(10-8-12)20-6-3/h7-11H,4-6H2,1-3H3. The minimum Gasteiger partial charge on any atom is -0.494 e. The van der Waals surface area contributed by atoms with Gasteiger partial charge in [0.25, 0.3) is 0 Å². The van der Waals surface area contributed by atoms with Gasteiger partial charge in [0.2, 0.25) is 0 Å². The number of hydrogen-bond donors (Lipinski definition) is 0. The Kier molecular flexibility index (Phi) is 4.56. The van der Waals surface area contributed by atoms with Gasteiger partial charge in [-0.15, -0.1) is 0 Å². The molecule has 2 aromatic rings. The number of aryl methyl sites for hydroxylation is 1. The van der Waals surface area contributed by atoms with Gasteiger partial charge in [0, 0.05) is 0 Å². The fraction of sp³-hybridized carbons (Fsp3) is 0.375. The maximum Gasteiger partial charge on any atom is 0.153 e. The summed E-state index contributed by atoms with van der Waals surface area (Å²) in [5.41, 5.74) is 3.49. The molecule has 0 aliphatic carbocycles. The van der Waals surface area contributed by atoms with E-state index in [0.717, 1.165) is 47.5 Å². The maximum atomic E-state index is 11.3. The first-order valence-electron chi connectivity index (χ1n) is 7.04. The van der Waals surface area contributed by atoms with Crippen molar-refractivity contribution < 1.29 is 9.53 Å². The first-order chi connectivity index (χ1) is 9.74. The highest BCUT2D eigenvalue weighted by Crippen LogP contribution is 2.21. The molecule has 106 valence electrons. The zero-order valence-corrected chi connectivity index (χ0v) is 12.2. The summed E-state index contributed by atoms with van der Waals surface area (Å²) >= 11 is 0. The molecule has 0 spiro atoms. The molecular weight excluding hydrogens is 252 g/mol. The highest BCUT2D eigenvalue weighted by molar-refractivity contribution is 5.78. The topological polar surface area (TPSA) is 44.1 Å². The number of rotatable bonds is 6. The van der Waals surface area contributed by atoms with Gasteiger partial charge in [0.1, 0.15) is 5.75 Å². The molecule has 1 aromatic heterocycles. The molecule has 2 rings (SSSR count). The zero-order chi connectivity index (χ0) is 14.5. The Morgan fingerprint density at radius 3 is 2.35 bits per heavy atom. The number of carbonyl (C=O) groups excluding carboxylic acids is 1. The molecule has 20 heavy (non-hydrogen) atoms. The lowest BCUT2D eigenvalue weighted by Crippen LogP contribution is -2.02. The lowest BCUT2D eigenvalue weighted by atomic mass is 10.1. The Labute approximate surface area is 119 Å². The minimum atomic E-state index is 0.649. The lowest BCUT2D eigenvalue weighted by molar-refractivity contribution is 0.112. The van der Waals surface area contributed by atoms with Crippen molar-refractivity contribution in [3.8, 4) is 11.4 Å². The first-order valence-corrected chi connectivity index (χ1v) is 7.04. The highest BCUT2D eigenvalue weighted by atomic mass is 16.5. The van der Waals surface area contributed by atoms with Crippen LogP contribution in [-0.4, -0.2) is 22.7 Å². The summed E-state index contributed by atoms with van der Waals surface area (Å²) in [5, 5.41) is 4.56. The average Bonchev–Trinajstić information content (AvgIpc) is 2.86. The molecule has 1 aromatic carbocycles. The summed E-state index contributed by atoms with van der Waals surface area (Å²) in [5.74, 6) is 0.841. The normalized spacial score (nSPS) is 10.6. The van der Waals surface area contributed by atoms with Crippen molar-refractivity contribution in [2.45, 2.75) is 33.6 Å². The van der Waals surface area contributed by atoms with Crippen LogP contribution in [0.15, 0.2) is 24.3 Å². The third-order valence-electron chi connectivity index (χ3n) is 3.28. The number of ether oxygens (including phenoxy) is 1. The summed E-state index contributed by atoms with van der Waals surface area (Å²) in [6.45, 7) is 6.66. The van der Waals surface area contributed by atoms with E-state index in [4.69, 9.17) is 4.74 Å². The average molecular weight is 272 g/mol. The van der Waals surface area contributed by atoms with Gasteiger partial charge in [-0.2, -0.15) is 5.10 Å². The Morgan fingerprint density at radius 2 is 1.85 bits per heavy atom. The molecule has 1 heterocycles. The van der Waals surface area contributed by atoms with E-state index >= 15 is 0 Å². The van der Waals surface area contributed by atoms with Crippen LogP contribution in [0.25, 0.3) is 5.69 Å². The predicted octanol–water partition coefficient (Wildman–Crippen LogP) is 3.21. The number of benzene rings is 1. The summed E-state index contributed by atoms with van der Waals surface area (Å²) in [4.78, 5) is 11.3. The molecule has 0 N–H and O–H groups in total. The van der Waals surface area contributed by atoms with Crippen LogP contribution in [0.2, 0.25) is 0 Å². The fourth-order valence-electron chi connectivity index (χ4n) is 2.32. The number of aromatic nitrogens is 2. The number of carbonyl (C=O) groups is 1. The number of aldehydes is 1. The summed E-state index contributed by atoms with van der Waals surface area (Å²) in [6.07, 6.45) is 2.44. The van der Waals surface area contributed by atoms with Crippen molar-refractivity contribution in [2.24, 2.45) is 0 Å². The molecule has 0 saturated carbocycles. The van der Waals surface area contributed by atoms with Crippen LogP contribution in [0.4, 0.5) is 0 Å². The summed E-state index contributed by atoms with van der Waals surface area (Å²) < 4.78 is 7.30. The predicted molar refractivity (Wildman–Crippen MR) is 78.9 cm³/mol. The Hall–Kier alpha value is -2.10. The van der Waals surface area contributed by atoms with Crippen molar-refractivity contribution in [2.75, 3.05) is 6.61 Å². The van der Waals surface area contributed by atoms with Crippen molar-refractivity contribution in [1.82, 2.24) is 9.78 Å². The molecule has 0 radical (unpaired) electrons. The summed E-state index contributed by atoms with van der Waals surface area (Å²) in [6, 6.07) is 7.77. The second-order valence-corrected chi connectivity index (χ2v) is 4.47. The van der Waals surface area contributed by atoms with Gasteiger partial charge in [-0.25, -0.2) is 4.68 Å². The quantitative estimate of drug-likeness (QED) is 0.758. The smallest absolute Gasteiger partial charge is 0.153 e.